The highest BCUT2D eigenvalue weighted by atomic mass is 16.3. The maximum Gasteiger partial charge on any atom is 0.124 e. The molecule has 1 rings (SSSR count). The molecule has 0 amide bonds. The summed E-state index contributed by atoms with van der Waals surface area (Å²) in [6, 6.07) is 5.46. The molecule has 3 nitrogen and oxygen atoms in total. The molecule has 0 aliphatic heterocycles. The Kier molecular flexibility index (Phi) is 3.63. The third-order valence-corrected chi connectivity index (χ3v) is 2.53. The predicted octanol–water partition coefficient (Wildman–Crippen LogP) is 3.17. The zero-order valence-electron chi connectivity index (χ0n) is 8.53. The Morgan fingerprint density at radius 3 is 2.79 bits per heavy atom. The van der Waals surface area contributed by atoms with Crippen LogP contribution in [-0.2, 0) is 6.54 Å². The summed E-state index contributed by atoms with van der Waals surface area (Å²) in [5.41, 5.74) is 1.51. The lowest BCUT2D eigenvalue weighted by atomic mass is 9.95. The standard InChI is InChI=1S/C11H15NO2/c1-3-8(2)10-6-4-5-9(7-12-14)11(10)13/h4-6,8,13H,3,7H2,1-2H3. The molecular formula is C11H15NO2. The molecule has 1 aromatic rings. The minimum Gasteiger partial charge on any atom is -0.507 e. The molecule has 1 atom stereocenters. The number of nitrogens with zero attached hydrogens (tertiary/aromatic N) is 1. The minimum absolute atomic E-state index is 0.0378. The lowest BCUT2D eigenvalue weighted by Crippen LogP contribution is -1.94. The summed E-state index contributed by atoms with van der Waals surface area (Å²) >= 11 is 0. The van der Waals surface area contributed by atoms with Gasteiger partial charge in [0.2, 0.25) is 0 Å². The van der Waals surface area contributed by atoms with Gasteiger partial charge in [-0.25, -0.2) is 0 Å². The number of rotatable bonds is 4. The molecule has 1 unspecified atom stereocenters. The van der Waals surface area contributed by atoms with Gasteiger partial charge in [-0.2, -0.15) is 4.91 Å². The molecule has 3 heteroatoms. The van der Waals surface area contributed by atoms with Crippen molar-refractivity contribution in [1.82, 2.24) is 0 Å². The lowest BCUT2D eigenvalue weighted by Gasteiger charge is -2.12. The van der Waals surface area contributed by atoms with E-state index in [1.807, 2.05) is 19.1 Å². The van der Waals surface area contributed by atoms with Crippen LogP contribution in [0.5, 0.6) is 5.75 Å². The fourth-order valence-electron chi connectivity index (χ4n) is 1.43. The van der Waals surface area contributed by atoms with Crippen molar-refractivity contribution in [3.05, 3.63) is 34.2 Å². The number of nitroso groups, excluding NO2 is 1. The Bertz CT molecular complexity index is 323. The maximum atomic E-state index is 10.1. The van der Waals surface area contributed by atoms with Crippen molar-refractivity contribution in [1.29, 1.82) is 0 Å². The summed E-state index contributed by atoms with van der Waals surface area (Å²) in [5.74, 6) is 0.531. The van der Waals surface area contributed by atoms with Gasteiger partial charge in [0.15, 0.2) is 0 Å². The molecule has 0 saturated carbocycles. The highest BCUT2D eigenvalue weighted by Gasteiger charge is 2.11. The van der Waals surface area contributed by atoms with E-state index in [2.05, 4.69) is 12.1 Å². The van der Waals surface area contributed by atoms with Gasteiger partial charge in [0, 0.05) is 5.56 Å². The van der Waals surface area contributed by atoms with Crippen LogP contribution in [0, 0.1) is 4.91 Å². The average Bonchev–Trinajstić information content (AvgIpc) is 2.20. The Labute approximate surface area is 83.7 Å². The van der Waals surface area contributed by atoms with Crippen molar-refractivity contribution < 1.29 is 5.11 Å². The first-order valence-electron chi connectivity index (χ1n) is 4.80. The molecule has 1 aromatic carbocycles. The van der Waals surface area contributed by atoms with Crippen molar-refractivity contribution >= 4 is 0 Å². The lowest BCUT2D eigenvalue weighted by molar-refractivity contribution is 0.455. The molecule has 0 bridgehead atoms. The summed E-state index contributed by atoms with van der Waals surface area (Å²) in [6.45, 7) is 4.15. The van der Waals surface area contributed by atoms with E-state index >= 15 is 0 Å². The molecule has 0 radical (unpaired) electrons. The molecule has 0 saturated heterocycles. The number of phenols is 1. The van der Waals surface area contributed by atoms with Crippen LogP contribution in [0.1, 0.15) is 37.3 Å². The second-order valence-electron chi connectivity index (χ2n) is 3.45. The Balaban J connectivity index is 3.06. The number of aromatic hydroxyl groups is 1. The van der Waals surface area contributed by atoms with Crippen LogP contribution in [0.2, 0.25) is 0 Å². The van der Waals surface area contributed by atoms with E-state index < -0.39 is 0 Å². The molecule has 0 heterocycles. The molecule has 0 aliphatic carbocycles. The van der Waals surface area contributed by atoms with Crippen LogP contribution in [-0.4, -0.2) is 5.11 Å². The van der Waals surface area contributed by atoms with Crippen LogP contribution in [0.4, 0.5) is 0 Å². The molecule has 0 fully saturated rings. The van der Waals surface area contributed by atoms with Crippen molar-refractivity contribution in [3.63, 3.8) is 0 Å². The van der Waals surface area contributed by atoms with Crippen molar-refractivity contribution in [2.24, 2.45) is 5.18 Å². The molecule has 76 valence electrons. The summed E-state index contributed by atoms with van der Waals surface area (Å²) in [7, 11) is 0. The number of hydrogen-bond acceptors (Lipinski definition) is 3. The smallest absolute Gasteiger partial charge is 0.124 e. The zero-order valence-corrected chi connectivity index (χ0v) is 8.53. The Morgan fingerprint density at radius 1 is 1.50 bits per heavy atom. The summed E-state index contributed by atoms with van der Waals surface area (Å²) in [4.78, 5) is 10.1. The van der Waals surface area contributed by atoms with Crippen LogP contribution >= 0.6 is 0 Å². The largest absolute Gasteiger partial charge is 0.507 e. The highest BCUT2D eigenvalue weighted by Crippen LogP contribution is 2.30. The normalized spacial score (nSPS) is 12.4. The van der Waals surface area contributed by atoms with Crippen molar-refractivity contribution in [3.8, 4) is 5.75 Å². The van der Waals surface area contributed by atoms with E-state index in [9.17, 15) is 10.0 Å². The molecule has 0 aliphatic rings. The summed E-state index contributed by atoms with van der Waals surface area (Å²) < 4.78 is 0. The molecular weight excluding hydrogens is 178 g/mol. The van der Waals surface area contributed by atoms with Crippen LogP contribution in [0.15, 0.2) is 23.4 Å². The van der Waals surface area contributed by atoms with Gasteiger partial charge in [0.1, 0.15) is 12.3 Å². The topological polar surface area (TPSA) is 49.7 Å². The van der Waals surface area contributed by atoms with E-state index in [-0.39, 0.29) is 12.3 Å². The van der Waals surface area contributed by atoms with Crippen molar-refractivity contribution in [2.45, 2.75) is 32.7 Å². The molecule has 1 N–H and O–H groups in total. The first kappa shape index (κ1) is 10.7. The number of hydrogen-bond donors (Lipinski definition) is 1. The molecule has 0 aromatic heterocycles. The number of phenolic OH excluding ortho intramolecular Hbond substituents is 1. The van der Waals surface area contributed by atoms with E-state index in [0.29, 0.717) is 11.5 Å². The third-order valence-electron chi connectivity index (χ3n) is 2.53. The maximum absolute atomic E-state index is 10.1. The average molecular weight is 193 g/mol. The number of para-hydroxylation sites is 1. The predicted molar refractivity (Wildman–Crippen MR) is 56.3 cm³/mol. The van der Waals surface area contributed by atoms with Crippen molar-refractivity contribution in [2.75, 3.05) is 0 Å². The van der Waals surface area contributed by atoms with Gasteiger partial charge >= 0.3 is 0 Å². The van der Waals surface area contributed by atoms with E-state index in [4.69, 9.17) is 0 Å². The Morgan fingerprint density at radius 2 is 2.21 bits per heavy atom. The first-order chi connectivity index (χ1) is 6.70. The number of benzene rings is 1. The summed E-state index contributed by atoms with van der Waals surface area (Å²) in [6.07, 6.45) is 0.964. The van der Waals surface area contributed by atoms with Gasteiger partial charge in [-0.1, -0.05) is 37.2 Å². The summed E-state index contributed by atoms with van der Waals surface area (Å²) in [5, 5.41) is 12.6. The van der Waals surface area contributed by atoms with Gasteiger partial charge in [-0.3, -0.25) is 0 Å². The molecule has 0 spiro atoms. The van der Waals surface area contributed by atoms with Gasteiger partial charge < -0.3 is 5.11 Å². The van der Waals surface area contributed by atoms with Crippen LogP contribution < -0.4 is 0 Å². The Hall–Kier alpha value is -1.38. The van der Waals surface area contributed by atoms with Gasteiger partial charge in [0.25, 0.3) is 0 Å². The second-order valence-corrected chi connectivity index (χ2v) is 3.45. The SMILES string of the molecule is CCC(C)c1cccc(CN=O)c1O. The molecule has 14 heavy (non-hydrogen) atoms. The van der Waals surface area contributed by atoms with E-state index in [1.54, 1.807) is 6.07 Å². The highest BCUT2D eigenvalue weighted by molar-refractivity contribution is 5.42. The minimum atomic E-state index is 0.0378. The van der Waals surface area contributed by atoms with Crippen LogP contribution in [0.3, 0.4) is 0 Å². The van der Waals surface area contributed by atoms with Gasteiger partial charge in [-0.05, 0) is 17.9 Å². The first-order valence-corrected chi connectivity index (χ1v) is 4.80. The van der Waals surface area contributed by atoms with E-state index in [1.165, 1.54) is 0 Å². The van der Waals surface area contributed by atoms with Gasteiger partial charge in [0.05, 0.1) is 0 Å². The monoisotopic (exact) mass is 193 g/mol. The second kappa shape index (κ2) is 4.74. The van der Waals surface area contributed by atoms with E-state index in [0.717, 1.165) is 12.0 Å². The third kappa shape index (κ3) is 2.10. The fourth-order valence-corrected chi connectivity index (χ4v) is 1.43. The zero-order chi connectivity index (χ0) is 10.6. The quantitative estimate of drug-likeness (QED) is 0.746. The fraction of sp³-hybridized carbons (Fsp3) is 0.455. The van der Waals surface area contributed by atoms with Gasteiger partial charge in [-0.15, -0.1) is 0 Å². The van der Waals surface area contributed by atoms with Crippen LogP contribution in [0.25, 0.3) is 0 Å².